The van der Waals surface area contributed by atoms with Gasteiger partial charge >= 0.3 is 0 Å². The van der Waals surface area contributed by atoms with E-state index >= 15 is 0 Å². The Kier molecular flexibility index (Phi) is 4.74. The lowest BCUT2D eigenvalue weighted by Crippen LogP contribution is -2.48. The summed E-state index contributed by atoms with van der Waals surface area (Å²) in [6.45, 7) is 6.62. The zero-order valence-corrected chi connectivity index (χ0v) is 13.9. The molecule has 0 aliphatic heterocycles. The first kappa shape index (κ1) is 16.4. The van der Waals surface area contributed by atoms with E-state index in [1.807, 2.05) is 27.1 Å². The molecule has 1 N–H and O–H groups in total. The summed E-state index contributed by atoms with van der Waals surface area (Å²) in [5.74, 6) is -0.178. The van der Waals surface area contributed by atoms with E-state index in [0.717, 1.165) is 36.8 Å². The SMILES string of the molecule is CNC(c1ccc(F)cc1C)C1(OC)CCC(C)(C)CC1. The standard InChI is InChI=1S/C18H28FNO/c1-13-12-14(19)6-7-15(13)16(20-4)18(21-5)10-8-17(2,3)9-11-18/h6-7,12,16,20H,8-11H2,1-5H3. The molecule has 0 amide bonds. The van der Waals surface area contributed by atoms with Crippen molar-refractivity contribution in [2.45, 2.75) is 58.1 Å². The Balaban J connectivity index is 2.34. The number of aryl methyl sites for hydroxylation is 1. The third-order valence-corrected chi connectivity index (χ3v) is 5.21. The molecule has 0 heterocycles. The van der Waals surface area contributed by atoms with Crippen molar-refractivity contribution >= 4 is 0 Å². The molecule has 1 aromatic carbocycles. The average Bonchev–Trinajstić information content (AvgIpc) is 2.44. The van der Waals surface area contributed by atoms with Crippen LogP contribution in [0.4, 0.5) is 4.39 Å². The first-order chi connectivity index (χ1) is 9.83. The van der Waals surface area contributed by atoms with E-state index in [9.17, 15) is 4.39 Å². The number of rotatable bonds is 4. The minimum absolute atomic E-state index is 0.0965. The van der Waals surface area contributed by atoms with Gasteiger partial charge in [0.1, 0.15) is 5.82 Å². The third kappa shape index (κ3) is 3.29. The maximum absolute atomic E-state index is 13.4. The molecular formula is C18H28FNO. The van der Waals surface area contributed by atoms with Crippen molar-refractivity contribution in [3.05, 3.63) is 35.1 Å². The van der Waals surface area contributed by atoms with E-state index in [1.54, 1.807) is 12.1 Å². The van der Waals surface area contributed by atoms with E-state index < -0.39 is 0 Å². The second-order valence-electron chi connectivity index (χ2n) is 7.16. The van der Waals surface area contributed by atoms with Crippen molar-refractivity contribution in [1.82, 2.24) is 5.32 Å². The minimum Gasteiger partial charge on any atom is -0.376 e. The van der Waals surface area contributed by atoms with Crippen LogP contribution in [0.5, 0.6) is 0 Å². The van der Waals surface area contributed by atoms with Gasteiger partial charge in [-0.15, -0.1) is 0 Å². The summed E-state index contributed by atoms with van der Waals surface area (Å²) in [7, 11) is 3.77. The predicted octanol–water partition coefficient (Wildman–Crippen LogP) is 4.38. The molecule has 1 saturated carbocycles. The zero-order chi connectivity index (χ0) is 15.7. The second-order valence-corrected chi connectivity index (χ2v) is 7.16. The molecule has 1 aliphatic rings. The summed E-state index contributed by atoms with van der Waals surface area (Å²) in [6, 6.07) is 5.14. The van der Waals surface area contributed by atoms with Crippen molar-refractivity contribution in [1.29, 1.82) is 0 Å². The van der Waals surface area contributed by atoms with Crippen molar-refractivity contribution in [3.8, 4) is 0 Å². The number of ether oxygens (including phenoxy) is 1. The largest absolute Gasteiger partial charge is 0.376 e. The number of likely N-dealkylation sites (N-methyl/N-ethyl adjacent to an activating group) is 1. The van der Waals surface area contributed by atoms with Crippen molar-refractivity contribution in [3.63, 3.8) is 0 Å². The average molecular weight is 293 g/mol. The summed E-state index contributed by atoms with van der Waals surface area (Å²) in [5.41, 5.74) is 2.31. The topological polar surface area (TPSA) is 21.3 Å². The molecule has 3 heteroatoms. The monoisotopic (exact) mass is 293 g/mol. The Morgan fingerprint density at radius 3 is 2.29 bits per heavy atom. The second kappa shape index (κ2) is 6.05. The predicted molar refractivity (Wildman–Crippen MR) is 84.9 cm³/mol. The van der Waals surface area contributed by atoms with Crippen molar-refractivity contribution in [2.75, 3.05) is 14.2 Å². The molecule has 0 saturated heterocycles. The van der Waals surface area contributed by atoms with Gasteiger partial charge < -0.3 is 10.1 Å². The highest BCUT2D eigenvalue weighted by Crippen LogP contribution is 2.47. The number of nitrogens with one attached hydrogen (secondary N) is 1. The molecule has 2 nitrogen and oxygen atoms in total. The van der Waals surface area contributed by atoms with Crippen LogP contribution in [0.3, 0.4) is 0 Å². The minimum atomic E-state index is -0.202. The van der Waals surface area contributed by atoms with E-state index in [-0.39, 0.29) is 17.5 Å². The van der Waals surface area contributed by atoms with Crippen LogP contribution in [0.1, 0.15) is 56.7 Å². The number of methoxy groups -OCH3 is 1. The van der Waals surface area contributed by atoms with Crippen LogP contribution in [0.2, 0.25) is 0 Å². The van der Waals surface area contributed by atoms with Crippen molar-refractivity contribution in [2.24, 2.45) is 5.41 Å². The molecule has 21 heavy (non-hydrogen) atoms. The Morgan fingerprint density at radius 1 is 1.19 bits per heavy atom. The summed E-state index contributed by atoms with van der Waals surface area (Å²) in [4.78, 5) is 0. The van der Waals surface area contributed by atoms with Crippen LogP contribution in [0, 0.1) is 18.2 Å². The van der Waals surface area contributed by atoms with Crippen LogP contribution in [0.15, 0.2) is 18.2 Å². The van der Waals surface area contributed by atoms with E-state index in [2.05, 4.69) is 19.2 Å². The van der Waals surface area contributed by atoms with Crippen molar-refractivity contribution < 1.29 is 9.13 Å². The fourth-order valence-corrected chi connectivity index (χ4v) is 3.63. The molecule has 118 valence electrons. The first-order valence-corrected chi connectivity index (χ1v) is 7.82. The zero-order valence-electron chi connectivity index (χ0n) is 13.9. The van der Waals surface area contributed by atoms with Crippen LogP contribution in [-0.2, 0) is 4.74 Å². The lowest BCUT2D eigenvalue weighted by Gasteiger charge is -2.47. The molecule has 1 fully saturated rings. The van der Waals surface area contributed by atoms with Gasteiger partial charge in [-0.05, 0) is 68.3 Å². The Labute approximate surface area is 128 Å². The molecule has 0 spiro atoms. The molecule has 0 radical (unpaired) electrons. The lowest BCUT2D eigenvalue weighted by atomic mass is 9.67. The first-order valence-electron chi connectivity index (χ1n) is 7.82. The molecule has 1 aliphatic carbocycles. The maximum atomic E-state index is 13.4. The fourth-order valence-electron chi connectivity index (χ4n) is 3.63. The lowest BCUT2D eigenvalue weighted by molar-refractivity contribution is -0.0863. The van der Waals surface area contributed by atoms with Gasteiger partial charge in [-0.3, -0.25) is 0 Å². The number of benzene rings is 1. The molecule has 0 aromatic heterocycles. The Morgan fingerprint density at radius 2 is 1.81 bits per heavy atom. The van der Waals surface area contributed by atoms with Gasteiger partial charge in [0.05, 0.1) is 11.6 Å². The Hall–Kier alpha value is -0.930. The van der Waals surface area contributed by atoms with Gasteiger partial charge in [-0.2, -0.15) is 0 Å². The van der Waals surface area contributed by atoms with Crippen LogP contribution >= 0.6 is 0 Å². The van der Waals surface area contributed by atoms with Gasteiger partial charge in [0.15, 0.2) is 0 Å². The molecule has 2 rings (SSSR count). The molecule has 1 atom stereocenters. The highest BCUT2D eigenvalue weighted by atomic mass is 19.1. The molecule has 1 unspecified atom stereocenters. The maximum Gasteiger partial charge on any atom is 0.123 e. The van der Waals surface area contributed by atoms with Crippen LogP contribution < -0.4 is 5.32 Å². The van der Waals surface area contributed by atoms with Gasteiger partial charge in [0, 0.05) is 7.11 Å². The van der Waals surface area contributed by atoms with Gasteiger partial charge in [0.2, 0.25) is 0 Å². The quantitative estimate of drug-likeness (QED) is 0.889. The van der Waals surface area contributed by atoms with E-state index in [1.165, 1.54) is 0 Å². The highest BCUT2D eigenvalue weighted by molar-refractivity contribution is 5.32. The Bertz CT molecular complexity index is 488. The normalized spacial score (nSPS) is 22.0. The summed E-state index contributed by atoms with van der Waals surface area (Å²) < 4.78 is 19.4. The number of hydrogen-bond donors (Lipinski definition) is 1. The van der Waals surface area contributed by atoms with E-state index in [4.69, 9.17) is 4.74 Å². The third-order valence-electron chi connectivity index (χ3n) is 5.21. The fraction of sp³-hybridized carbons (Fsp3) is 0.667. The highest BCUT2D eigenvalue weighted by Gasteiger charge is 2.44. The summed E-state index contributed by atoms with van der Waals surface area (Å²) >= 11 is 0. The van der Waals surface area contributed by atoms with E-state index in [0.29, 0.717) is 5.41 Å². The molecule has 1 aromatic rings. The summed E-state index contributed by atoms with van der Waals surface area (Å²) in [5, 5.41) is 3.42. The van der Waals surface area contributed by atoms with Gasteiger partial charge in [-0.1, -0.05) is 19.9 Å². The molecular weight excluding hydrogens is 265 g/mol. The van der Waals surface area contributed by atoms with Gasteiger partial charge in [0.25, 0.3) is 0 Å². The van der Waals surface area contributed by atoms with Crippen LogP contribution in [-0.4, -0.2) is 19.8 Å². The summed E-state index contributed by atoms with van der Waals surface area (Å²) in [6.07, 6.45) is 4.36. The number of hydrogen-bond acceptors (Lipinski definition) is 2. The number of halogens is 1. The smallest absolute Gasteiger partial charge is 0.123 e. The van der Waals surface area contributed by atoms with Crippen LogP contribution in [0.25, 0.3) is 0 Å². The molecule has 0 bridgehead atoms. The van der Waals surface area contributed by atoms with Gasteiger partial charge in [-0.25, -0.2) is 4.39 Å².